The number of rotatable bonds is 8. The average molecular weight is 301 g/mol. The summed E-state index contributed by atoms with van der Waals surface area (Å²) in [6, 6.07) is 19.2. The van der Waals surface area contributed by atoms with Crippen LogP contribution >= 0.6 is 0 Å². The van der Waals surface area contributed by atoms with E-state index in [-0.39, 0.29) is 19.8 Å². The topological polar surface area (TPSA) is 59.0 Å². The van der Waals surface area contributed by atoms with Gasteiger partial charge in [-0.25, -0.2) is 4.79 Å². The molecule has 1 amide bonds. The van der Waals surface area contributed by atoms with Gasteiger partial charge in [0.1, 0.15) is 6.61 Å². The van der Waals surface area contributed by atoms with Gasteiger partial charge in [0, 0.05) is 0 Å². The van der Waals surface area contributed by atoms with Crippen LogP contribution in [0.4, 0.5) is 4.79 Å². The highest BCUT2D eigenvalue weighted by Crippen LogP contribution is 2.04. The number of hydrogen-bond donors (Lipinski definition) is 1. The van der Waals surface area contributed by atoms with Gasteiger partial charge in [-0.3, -0.25) is 4.84 Å². The zero-order valence-corrected chi connectivity index (χ0v) is 12.2. The number of hydrogen-bond acceptors (Lipinski definition) is 3. The summed E-state index contributed by atoms with van der Waals surface area (Å²) in [7, 11) is 0. The Bertz CT molecular complexity index is 559. The smallest absolute Gasteiger partial charge is 0.431 e. The highest BCUT2D eigenvalue weighted by molar-refractivity contribution is 5.63. The van der Waals surface area contributed by atoms with Crippen LogP contribution in [0.5, 0.6) is 0 Å². The van der Waals surface area contributed by atoms with Crippen LogP contribution < -0.4 is 0 Å². The molecule has 2 rings (SSSR count). The first-order valence-corrected chi connectivity index (χ1v) is 7.04. The monoisotopic (exact) mass is 301 g/mol. The Labute approximate surface area is 129 Å². The Morgan fingerprint density at radius 1 is 0.909 bits per heavy atom. The first-order valence-electron chi connectivity index (χ1n) is 7.04. The van der Waals surface area contributed by atoms with Gasteiger partial charge < -0.3 is 9.84 Å². The third-order valence-corrected chi connectivity index (χ3v) is 2.99. The lowest BCUT2D eigenvalue weighted by Crippen LogP contribution is -2.32. The molecule has 1 N–H and O–H groups in total. The number of nitrogens with zero attached hydrogens (tertiary/aromatic N) is 1. The van der Waals surface area contributed by atoms with Crippen LogP contribution in [0, 0.1) is 0 Å². The van der Waals surface area contributed by atoms with E-state index in [1.165, 1.54) is 0 Å². The van der Waals surface area contributed by atoms with Crippen molar-refractivity contribution in [2.24, 2.45) is 0 Å². The minimum Gasteiger partial charge on any atom is -0.463 e. The Morgan fingerprint density at radius 3 is 2.00 bits per heavy atom. The summed E-state index contributed by atoms with van der Waals surface area (Å²) in [6.07, 6.45) is -1.13. The fraction of sp³-hybridized carbons (Fsp3) is 0.235. The van der Waals surface area contributed by atoms with E-state index >= 15 is 0 Å². The number of carboxylic acid groups (broad SMARTS) is 1. The van der Waals surface area contributed by atoms with Crippen molar-refractivity contribution in [2.75, 3.05) is 13.2 Å². The molecule has 0 saturated heterocycles. The van der Waals surface area contributed by atoms with Crippen molar-refractivity contribution in [3.8, 4) is 0 Å². The molecule has 0 saturated carbocycles. The van der Waals surface area contributed by atoms with Gasteiger partial charge >= 0.3 is 6.09 Å². The molecule has 0 radical (unpaired) electrons. The third kappa shape index (κ3) is 5.55. The maximum atomic E-state index is 11.1. The summed E-state index contributed by atoms with van der Waals surface area (Å²) < 4.78 is 5.47. The van der Waals surface area contributed by atoms with E-state index in [1.807, 2.05) is 60.7 Å². The maximum Gasteiger partial charge on any atom is 0.431 e. The van der Waals surface area contributed by atoms with Crippen LogP contribution in [0.25, 0.3) is 0 Å². The molecule has 0 heterocycles. The molecular formula is C17H19NO4. The lowest BCUT2D eigenvalue weighted by Gasteiger charge is -2.18. The molecule has 0 spiro atoms. The van der Waals surface area contributed by atoms with Gasteiger partial charge in [0.05, 0.1) is 19.8 Å². The summed E-state index contributed by atoms with van der Waals surface area (Å²) >= 11 is 0. The van der Waals surface area contributed by atoms with E-state index in [9.17, 15) is 4.79 Å². The minimum absolute atomic E-state index is 0.162. The lowest BCUT2D eigenvalue weighted by molar-refractivity contribution is -0.149. The molecule has 0 fully saturated rings. The predicted octanol–water partition coefficient (Wildman–Crippen LogP) is 3.32. The largest absolute Gasteiger partial charge is 0.463 e. The number of ether oxygens (including phenoxy) is 1. The van der Waals surface area contributed by atoms with Crippen molar-refractivity contribution >= 4 is 6.09 Å². The van der Waals surface area contributed by atoms with E-state index in [0.29, 0.717) is 6.61 Å². The van der Waals surface area contributed by atoms with Gasteiger partial charge in [0.25, 0.3) is 0 Å². The van der Waals surface area contributed by atoms with Gasteiger partial charge in [-0.1, -0.05) is 60.7 Å². The summed E-state index contributed by atoms with van der Waals surface area (Å²) in [6.45, 7) is 1.10. The molecule has 22 heavy (non-hydrogen) atoms. The predicted molar refractivity (Wildman–Crippen MR) is 82.1 cm³/mol. The number of hydroxylamine groups is 2. The second kappa shape index (κ2) is 8.81. The molecule has 116 valence electrons. The van der Waals surface area contributed by atoms with Crippen molar-refractivity contribution in [2.45, 2.75) is 13.2 Å². The van der Waals surface area contributed by atoms with Crippen LogP contribution in [0.3, 0.4) is 0 Å². The molecule has 0 bridgehead atoms. The van der Waals surface area contributed by atoms with Crippen LogP contribution in [0.1, 0.15) is 11.1 Å². The molecule has 0 atom stereocenters. The fourth-order valence-corrected chi connectivity index (χ4v) is 1.85. The van der Waals surface area contributed by atoms with Crippen molar-refractivity contribution in [3.63, 3.8) is 0 Å². The van der Waals surface area contributed by atoms with Crippen molar-refractivity contribution in [1.82, 2.24) is 5.06 Å². The molecule has 2 aromatic rings. The third-order valence-electron chi connectivity index (χ3n) is 2.99. The first kappa shape index (κ1) is 16.0. The van der Waals surface area contributed by atoms with E-state index < -0.39 is 6.09 Å². The van der Waals surface area contributed by atoms with Gasteiger partial charge in [-0.05, 0) is 11.1 Å². The van der Waals surface area contributed by atoms with Crippen molar-refractivity contribution < 1.29 is 19.5 Å². The highest BCUT2D eigenvalue weighted by Gasteiger charge is 2.12. The van der Waals surface area contributed by atoms with Gasteiger partial charge in [0.2, 0.25) is 0 Å². The summed E-state index contributed by atoms with van der Waals surface area (Å²) in [5.41, 5.74) is 1.97. The summed E-state index contributed by atoms with van der Waals surface area (Å²) in [5.74, 6) is 0. The number of benzene rings is 2. The molecule has 0 aliphatic carbocycles. The van der Waals surface area contributed by atoms with Gasteiger partial charge in [0.15, 0.2) is 0 Å². The fourth-order valence-electron chi connectivity index (χ4n) is 1.85. The summed E-state index contributed by atoms with van der Waals surface area (Å²) in [4.78, 5) is 16.4. The Kier molecular flexibility index (Phi) is 6.41. The number of carbonyl (C=O) groups is 1. The summed E-state index contributed by atoms with van der Waals surface area (Å²) in [5, 5.41) is 10.0. The SMILES string of the molecule is O=C(O)N(CCOCc1ccccc1)OCc1ccccc1. The average Bonchev–Trinajstić information content (AvgIpc) is 2.55. The van der Waals surface area contributed by atoms with Crippen molar-refractivity contribution in [1.29, 1.82) is 0 Å². The van der Waals surface area contributed by atoms with Crippen molar-refractivity contribution in [3.05, 3.63) is 71.8 Å². The standard InChI is InChI=1S/C17H19NO4/c19-17(20)18(22-14-16-9-5-2-6-10-16)11-12-21-13-15-7-3-1-4-8-15/h1-10H,11-14H2,(H,19,20). The number of amides is 1. The van der Waals surface area contributed by atoms with Crippen LogP contribution in [-0.2, 0) is 22.8 Å². The molecular weight excluding hydrogens is 282 g/mol. The van der Waals surface area contributed by atoms with Gasteiger partial charge in [-0.2, -0.15) is 5.06 Å². The quantitative estimate of drug-likeness (QED) is 0.600. The zero-order chi connectivity index (χ0) is 15.6. The minimum atomic E-state index is -1.13. The molecule has 5 nitrogen and oxygen atoms in total. The molecule has 5 heteroatoms. The van der Waals surface area contributed by atoms with E-state index in [1.54, 1.807) is 0 Å². The maximum absolute atomic E-state index is 11.1. The Balaban J connectivity index is 1.71. The van der Waals surface area contributed by atoms with Gasteiger partial charge in [-0.15, -0.1) is 0 Å². The van der Waals surface area contributed by atoms with E-state index in [0.717, 1.165) is 16.2 Å². The Morgan fingerprint density at radius 2 is 1.45 bits per heavy atom. The highest BCUT2D eigenvalue weighted by atomic mass is 16.7. The molecule has 0 aromatic heterocycles. The molecule has 0 unspecified atom stereocenters. The normalized spacial score (nSPS) is 10.4. The van der Waals surface area contributed by atoms with Crippen LogP contribution in [0.15, 0.2) is 60.7 Å². The second-order valence-electron chi connectivity index (χ2n) is 4.68. The van der Waals surface area contributed by atoms with E-state index in [4.69, 9.17) is 14.7 Å². The molecule has 0 aliphatic rings. The van der Waals surface area contributed by atoms with Crippen LogP contribution in [0.2, 0.25) is 0 Å². The van der Waals surface area contributed by atoms with Crippen LogP contribution in [-0.4, -0.2) is 29.4 Å². The Hall–Kier alpha value is -2.37. The molecule has 2 aromatic carbocycles. The lowest BCUT2D eigenvalue weighted by atomic mass is 10.2. The first-order chi connectivity index (χ1) is 10.8. The second-order valence-corrected chi connectivity index (χ2v) is 4.68. The molecule has 0 aliphatic heterocycles. The zero-order valence-electron chi connectivity index (χ0n) is 12.2. The van der Waals surface area contributed by atoms with E-state index in [2.05, 4.69) is 0 Å².